The van der Waals surface area contributed by atoms with E-state index in [0.717, 1.165) is 0 Å². The lowest BCUT2D eigenvalue weighted by Crippen LogP contribution is -1.93. The molecule has 1 radical (unpaired) electrons. The third kappa shape index (κ3) is 6.11. The van der Waals surface area contributed by atoms with E-state index in [1.165, 1.54) is 5.75 Å². The van der Waals surface area contributed by atoms with E-state index in [0.29, 0.717) is 0 Å². The number of hydrogen-bond acceptors (Lipinski definition) is 1. The highest BCUT2D eigenvalue weighted by Gasteiger charge is 1.96. The molecule has 0 aliphatic heterocycles. The van der Waals surface area contributed by atoms with Crippen molar-refractivity contribution in [1.29, 1.82) is 0 Å². The second-order valence-electron chi connectivity index (χ2n) is 1.66. The molecule has 0 fully saturated rings. The van der Waals surface area contributed by atoms with Gasteiger partial charge in [-0.1, -0.05) is 13.8 Å². The molecule has 3 heteroatoms. The fourth-order valence-corrected chi connectivity index (χ4v) is 0.698. The highest BCUT2D eigenvalue weighted by molar-refractivity contribution is 7.81. The summed E-state index contributed by atoms with van der Waals surface area (Å²) in [6.07, 6.45) is 0. The lowest BCUT2D eigenvalue weighted by Gasteiger charge is -1.94. The second kappa shape index (κ2) is 3.16. The summed E-state index contributed by atoms with van der Waals surface area (Å²) in [5.41, 5.74) is 0. The van der Waals surface area contributed by atoms with Crippen LogP contribution in [0.4, 0.5) is 0 Å². The van der Waals surface area contributed by atoms with Gasteiger partial charge in [-0.3, -0.25) is 0 Å². The van der Waals surface area contributed by atoms with Crippen molar-refractivity contribution in [3.05, 3.63) is 5.75 Å². The summed E-state index contributed by atoms with van der Waals surface area (Å²) in [6.45, 7) is 3.71. The molecular formula is C4H9O2S. The van der Waals surface area contributed by atoms with E-state index in [1.807, 2.05) is 13.8 Å². The monoisotopic (exact) mass is 121 g/mol. The molecule has 0 bridgehead atoms. The van der Waals surface area contributed by atoms with Crippen LogP contribution in [0.3, 0.4) is 0 Å². The van der Waals surface area contributed by atoms with E-state index < -0.39 is 11.1 Å². The summed E-state index contributed by atoms with van der Waals surface area (Å²) >= 11 is -1.72. The van der Waals surface area contributed by atoms with Crippen molar-refractivity contribution in [3.63, 3.8) is 0 Å². The van der Waals surface area contributed by atoms with Crippen molar-refractivity contribution in [1.82, 2.24) is 0 Å². The maximum Gasteiger partial charge on any atom is 0.157 e. The van der Waals surface area contributed by atoms with E-state index in [2.05, 4.69) is 0 Å². The molecule has 0 aliphatic rings. The van der Waals surface area contributed by atoms with Gasteiger partial charge in [0.2, 0.25) is 0 Å². The smallest absolute Gasteiger partial charge is 0.157 e. The van der Waals surface area contributed by atoms with E-state index >= 15 is 0 Å². The first-order valence-electron chi connectivity index (χ1n) is 2.07. The predicted molar refractivity (Wildman–Crippen MR) is 29.9 cm³/mol. The molecule has 0 saturated heterocycles. The van der Waals surface area contributed by atoms with Crippen LogP contribution in [0.2, 0.25) is 0 Å². The zero-order valence-corrected chi connectivity index (χ0v) is 5.23. The molecule has 0 aromatic heterocycles. The Morgan fingerprint density at radius 2 is 2.14 bits per heavy atom. The van der Waals surface area contributed by atoms with Gasteiger partial charge in [-0.25, -0.2) is 4.21 Å². The van der Waals surface area contributed by atoms with Gasteiger partial charge in [0.05, 0.1) is 5.75 Å². The van der Waals surface area contributed by atoms with Crippen LogP contribution in [0.15, 0.2) is 0 Å². The fraction of sp³-hybridized carbons (Fsp3) is 0.750. The molecule has 0 spiro atoms. The molecule has 2 nitrogen and oxygen atoms in total. The Bertz CT molecular complexity index is 70.1. The first-order chi connectivity index (χ1) is 3.13. The standard InChI is InChI=1S/C4H9O2S/c1-4(2)3-7(5)6/h3-4H,1-2H3,(H,5,6). The first kappa shape index (κ1) is 7.11. The second-order valence-corrected chi connectivity index (χ2v) is 2.48. The molecule has 7 heavy (non-hydrogen) atoms. The Kier molecular flexibility index (Phi) is 3.21. The summed E-state index contributed by atoms with van der Waals surface area (Å²) in [5.74, 6) is 1.56. The maximum absolute atomic E-state index is 9.87. The van der Waals surface area contributed by atoms with Gasteiger partial charge < -0.3 is 4.55 Å². The summed E-state index contributed by atoms with van der Waals surface area (Å²) in [5, 5.41) is 0. The zero-order valence-electron chi connectivity index (χ0n) is 4.42. The Morgan fingerprint density at radius 1 is 1.71 bits per heavy atom. The summed E-state index contributed by atoms with van der Waals surface area (Å²) < 4.78 is 18.0. The predicted octanol–water partition coefficient (Wildman–Crippen LogP) is 1.03. The quantitative estimate of drug-likeness (QED) is 0.554. The topological polar surface area (TPSA) is 37.3 Å². The van der Waals surface area contributed by atoms with E-state index in [1.54, 1.807) is 0 Å². The molecule has 1 unspecified atom stereocenters. The van der Waals surface area contributed by atoms with Gasteiger partial charge in [0.15, 0.2) is 11.1 Å². The van der Waals surface area contributed by atoms with Gasteiger partial charge in [0.1, 0.15) is 0 Å². The summed E-state index contributed by atoms with van der Waals surface area (Å²) in [7, 11) is 0. The third-order valence-corrected chi connectivity index (χ3v) is 1.17. The van der Waals surface area contributed by atoms with Gasteiger partial charge in [-0.2, -0.15) is 0 Å². The number of hydrogen-bond donors (Lipinski definition) is 1. The Balaban J connectivity index is 3.13. The van der Waals surface area contributed by atoms with Crippen LogP contribution in [0.25, 0.3) is 0 Å². The highest BCUT2D eigenvalue weighted by atomic mass is 32.2. The average molecular weight is 121 g/mol. The molecule has 0 aromatic carbocycles. The van der Waals surface area contributed by atoms with Gasteiger partial charge >= 0.3 is 0 Å². The lowest BCUT2D eigenvalue weighted by molar-refractivity contribution is 0.563. The molecule has 0 aromatic rings. The number of rotatable bonds is 2. The van der Waals surface area contributed by atoms with Gasteiger partial charge in [-0.15, -0.1) is 0 Å². The van der Waals surface area contributed by atoms with E-state index in [9.17, 15) is 4.21 Å². The van der Waals surface area contributed by atoms with Crippen LogP contribution < -0.4 is 0 Å². The molecule has 0 heterocycles. The van der Waals surface area contributed by atoms with Crippen molar-refractivity contribution in [2.24, 2.45) is 5.92 Å². The van der Waals surface area contributed by atoms with Gasteiger partial charge in [0, 0.05) is 0 Å². The molecule has 1 N–H and O–H groups in total. The van der Waals surface area contributed by atoms with Crippen molar-refractivity contribution in [2.45, 2.75) is 13.8 Å². The molecule has 0 saturated carbocycles. The summed E-state index contributed by atoms with van der Waals surface area (Å²) in [4.78, 5) is 0. The zero-order chi connectivity index (χ0) is 5.86. The van der Waals surface area contributed by atoms with E-state index in [-0.39, 0.29) is 5.92 Å². The SMILES string of the molecule is CC(C)[CH]S(=O)O. The van der Waals surface area contributed by atoms with Crippen LogP contribution in [0.1, 0.15) is 13.8 Å². The van der Waals surface area contributed by atoms with Crippen LogP contribution >= 0.6 is 0 Å². The van der Waals surface area contributed by atoms with Crippen molar-refractivity contribution in [3.8, 4) is 0 Å². The Hall–Kier alpha value is 0.110. The highest BCUT2D eigenvalue weighted by Crippen LogP contribution is 1.98. The lowest BCUT2D eigenvalue weighted by atomic mass is 10.3. The van der Waals surface area contributed by atoms with Crippen LogP contribution in [0.5, 0.6) is 0 Å². The molecule has 0 amide bonds. The molecular weight excluding hydrogens is 112 g/mol. The first-order valence-corrected chi connectivity index (χ1v) is 3.24. The maximum atomic E-state index is 9.87. The van der Waals surface area contributed by atoms with Crippen molar-refractivity contribution in [2.75, 3.05) is 0 Å². The van der Waals surface area contributed by atoms with E-state index in [4.69, 9.17) is 4.55 Å². The minimum atomic E-state index is -1.72. The van der Waals surface area contributed by atoms with Crippen LogP contribution in [-0.4, -0.2) is 8.76 Å². The molecule has 0 aliphatic carbocycles. The largest absolute Gasteiger partial charge is 0.306 e. The van der Waals surface area contributed by atoms with Crippen LogP contribution in [0, 0.1) is 11.7 Å². The molecule has 1 atom stereocenters. The minimum Gasteiger partial charge on any atom is -0.306 e. The van der Waals surface area contributed by atoms with Crippen molar-refractivity contribution < 1.29 is 8.76 Å². The molecule has 43 valence electrons. The Labute approximate surface area is 46.2 Å². The third-order valence-electron chi connectivity index (χ3n) is 0.389. The van der Waals surface area contributed by atoms with Crippen LogP contribution in [-0.2, 0) is 11.1 Å². The minimum absolute atomic E-state index is 0.200. The molecule has 0 rings (SSSR count). The fourth-order valence-electron chi connectivity index (χ4n) is 0.233. The average Bonchev–Trinajstić information content (AvgIpc) is 1.27. The normalized spacial score (nSPS) is 14.9. The summed E-state index contributed by atoms with van der Waals surface area (Å²) in [6, 6.07) is 0. The van der Waals surface area contributed by atoms with Crippen molar-refractivity contribution >= 4 is 11.1 Å². The van der Waals surface area contributed by atoms with Gasteiger partial charge in [-0.05, 0) is 5.92 Å². The Morgan fingerprint density at radius 3 is 2.14 bits per heavy atom. The van der Waals surface area contributed by atoms with Gasteiger partial charge in [0.25, 0.3) is 0 Å².